The van der Waals surface area contributed by atoms with Crippen molar-refractivity contribution in [2.75, 3.05) is 13.2 Å². The van der Waals surface area contributed by atoms with Crippen LogP contribution in [0.15, 0.2) is 45.9 Å². The molecule has 0 unspecified atom stereocenters. The molecule has 7 nitrogen and oxygen atoms in total. The quantitative estimate of drug-likeness (QED) is 0.539. The molecule has 1 aromatic carbocycles. The second kappa shape index (κ2) is 7.00. The molecule has 0 amide bonds. The second-order valence-electron chi connectivity index (χ2n) is 7.58. The number of ether oxygens (including phenoxy) is 1. The summed E-state index contributed by atoms with van der Waals surface area (Å²) in [6.07, 6.45) is 6.03. The van der Waals surface area contributed by atoms with Gasteiger partial charge >= 0.3 is 5.63 Å². The van der Waals surface area contributed by atoms with Crippen LogP contribution in [-0.2, 0) is 0 Å². The third kappa shape index (κ3) is 3.38. The Morgan fingerprint density at radius 3 is 2.97 bits per heavy atom. The highest BCUT2D eigenvalue weighted by Crippen LogP contribution is 2.25. The second-order valence-corrected chi connectivity index (χ2v) is 7.58. The third-order valence-electron chi connectivity index (χ3n) is 5.32. The van der Waals surface area contributed by atoms with Gasteiger partial charge in [0, 0.05) is 29.9 Å². The summed E-state index contributed by atoms with van der Waals surface area (Å²) in [5, 5.41) is 4.23. The summed E-state index contributed by atoms with van der Waals surface area (Å²) in [5.74, 6) is 0.701. The van der Waals surface area contributed by atoms with E-state index < -0.39 is 5.63 Å². The summed E-state index contributed by atoms with van der Waals surface area (Å²) in [5.41, 5.74) is 3.54. The van der Waals surface area contributed by atoms with Crippen molar-refractivity contribution in [1.82, 2.24) is 19.7 Å². The predicted octanol–water partition coefficient (Wildman–Crippen LogP) is 3.25. The highest BCUT2D eigenvalue weighted by Gasteiger charge is 2.16. The molecule has 0 radical (unpaired) electrons. The standard InChI is InChI=1S/C22H22N4O3/c1-13-10-26-11-19(25-21(26)14(2)24-13)18-8-15-5-6-17(9-20(15)29-22(18)27)28-12-16-4-3-7-23-16/h5-6,8-11,16,23H,3-4,7,12H2,1-2H3/t16-/m1/s1. The maximum atomic E-state index is 12.7. The lowest BCUT2D eigenvalue weighted by atomic mass is 10.1. The van der Waals surface area contributed by atoms with E-state index in [4.69, 9.17) is 9.15 Å². The van der Waals surface area contributed by atoms with Crippen molar-refractivity contribution in [1.29, 1.82) is 0 Å². The van der Waals surface area contributed by atoms with Crippen LogP contribution in [0.1, 0.15) is 24.2 Å². The molecule has 148 valence electrons. The molecule has 0 saturated carbocycles. The molecule has 5 rings (SSSR count). The fourth-order valence-corrected chi connectivity index (χ4v) is 3.89. The molecule has 1 N–H and O–H groups in total. The van der Waals surface area contributed by atoms with Crippen molar-refractivity contribution in [2.24, 2.45) is 0 Å². The van der Waals surface area contributed by atoms with Gasteiger partial charge in [-0.05, 0) is 51.4 Å². The Kier molecular flexibility index (Phi) is 4.32. The number of fused-ring (bicyclic) bond motifs is 2. The van der Waals surface area contributed by atoms with E-state index in [0.29, 0.717) is 35.2 Å². The molecule has 4 heterocycles. The SMILES string of the molecule is Cc1cn2cc(-c3cc4ccc(OC[C@H]5CCCN5)cc4oc3=O)nc2c(C)n1. The minimum absolute atomic E-state index is 0.386. The maximum Gasteiger partial charge on any atom is 0.345 e. The van der Waals surface area contributed by atoms with Crippen LogP contribution >= 0.6 is 0 Å². The normalized spacial score (nSPS) is 16.7. The summed E-state index contributed by atoms with van der Waals surface area (Å²) in [7, 11) is 0. The van der Waals surface area contributed by atoms with Gasteiger partial charge in [0.25, 0.3) is 0 Å². The van der Waals surface area contributed by atoms with Crippen LogP contribution in [0.4, 0.5) is 0 Å². The first-order valence-electron chi connectivity index (χ1n) is 9.84. The van der Waals surface area contributed by atoms with Gasteiger partial charge in [-0.2, -0.15) is 0 Å². The van der Waals surface area contributed by atoms with E-state index >= 15 is 0 Å². The Morgan fingerprint density at radius 2 is 2.14 bits per heavy atom. The number of imidazole rings is 1. The summed E-state index contributed by atoms with van der Waals surface area (Å²) in [4.78, 5) is 21.7. The monoisotopic (exact) mass is 390 g/mol. The van der Waals surface area contributed by atoms with E-state index in [2.05, 4.69) is 15.3 Å². The van der Waals surface area contributed by atoms with Crippen LogP contribution in [0.3, 0.4) is 0 Å². The topological polar surface area (TPSA) is 81.7 Å². The minimum Gasteiger partial charge on any atom is -0.492 e. The van der Waals surface area contributed by atoms with Crippen LogP contribution in [0.25, 0.3) is 27.9 Å². The van der Waals surface area contributed by atoms with Gasteiger partial charge in [0.05, 0.1) is 22.6 Å². The molecular formula is C22H22N4O3. The fourth-order valence-electron chi connectivity index (χ4n) is 3.89. The van der Waals surface area contributed by atoms with Gasteiger partial charge in [0.15, 0.2) is 5.65 Å². The number of aryl methyl sites for hydroxylation is 2. The lowest BCUT2D eigenvalue weighted by Gasteiger charge is -2.12. The van der Waals surface area contributed by atoms with E-state index in [0.717, 1.165) is 35.4 Å². The summed E-state index contributed by atoms with van der Waals surface area (Å²) in [6.45, 7) is 5.49. The number of nitrogens with one attached hydrogen (secondary N) is 1. The first-order chi connectivity index (χ1) is 14.1. The Bertz CT molecular complexity index is 1270. The molecular weight excluding hydrogens is 368 g/mol. The summed E-state index contributed by atoms with van der Waals surface area (Å²) in [6, 6.07) is 7.79. The maximum absolute atomic E-state index is 12.7. The Labute approximate surface area is 167 Å². The number of aromatic nitrogens is 3. The predicted molar refractivity (Wildman–Crippen MR) is 110 cm³/mol. The van der Waals surface area contributed by atoms with E-state index in [1.807, 2.05) is 48.8 Å². The number of benzene rings is 1. The van der Waals surface area contributed by atoms with Crippen molar-refractivity contribution in [3.63, 3.8) is 0 Å². The van der Waals surface area contributed by atoms with Crippen LogP contribution in [0.5, 0.6) is 5.75 Å². The minimum atomic E-state index is -0.419. The molecule has 1 aliphatic rings. The zero-order chi connectivity index (χ0) is 20.0. The molecule has 4 aromatic rings. The molecule has 0 aliphatic carbocycles. The van der Waals surface area contributed by atoms with Crippen LogP contribution < -0.4 is 15.7 Å². The molecule has 1 fully saturated rings. The van der Waals surface area contributed by atoms with Crippen LogP contribution in [0, 0.1) is 13.8 Å². The van der Waals surface area contributed by atoms with Crippen molar-refractivity contribution in [2.45, 2.75) is 32.7 Å². The van der Waals surface area contributed by atoms with E-state index in [1.165, 1.54) is 6.42 Å². The van der Waals surface area contributed by atoms with Crippen molar-refractivity contribution >= 4 is 16.6 Å². The van der Waals surface area contributed by atoms with E-state index in [-0.39, 0.29) is 0 Å². The molecule has 3 aromatic heterocycles. The Hall–Kier alpha value is -3.19. The van der Waals surface area contributed by atoms with Crippen molar-refractivity contribution in [3.8, 4) is 17.0 Å². The zero-order valence-corrected chi connectivity index (χ0v) is 16.4. The van der Waals surface area contributed by atoms with Crippen LogP contribution in [-0.4, -0.2) is 33.6 Å². The average Bonchev–Trinajstić information content (AvgIpc) is 3.35. The molecule has 1 atom stereocenters. The van der Waals surface area contributed by atoms with Crippen LogP contribution in [0.2, 0.25) is 0 Å². The molecule has 0 bridgehead atoms. The molecule has 7 heteroatoms. The van der Waals surface area contributed by atoms with Gasteiger partial charge in [0.2, 0.25) is 0 Å². The van der Waals surface area contributed by atoms with Gasteiger partial charge in [-0.15, -0.1) is 0 Å². The summed E-state index contributed by atoms with van der Waals surface area (Å²) < 4.78 is 13.4. The van der Waals surface area contributed by atoms with Gasteiger partial charge in [0.1, 0.15) is 17.9 Å². The molecule has 0 spiro atoms. The lowest BCUT2D eigenvalue weighted by Crippen LogP contribution is -2.28. The number of nitrogens with zero attached hydrogens (tertiary/aromatic N) is 3. The average molecular weight is 390 g/mol. The Balaban J connectivity index is 1.49. The molecule has 29 heavy (non-hydrogen) atoms. The smallest absolute Gasteiger partial charge is 0.345 e. The first kappa shape index (κ1) is 17.9. The number of hydrogen-bond acceptors (Lipinski definition) is 6. The van der Waals surface area contributed by atoms with E-state index in [1.54, 1.807) is 6.07 Å². The largest absolute Gasteiger partial charge is 0.492 e. The van der Waals surface area contributed by atoms with Gasteiger partial charge in [-0.1, -0.05) is 0 Å². The van der Waals surface area contributed by atoms with Gasteiger partial charge < -0.3 is 18.9 Å². The summed E-state index contributed by atoms with van der Waals surface area (Å²) >= 11 is 0. The Morgan fingerprint density at radius 1 is 1.24 bits per heavy atom. The number of hydrogen-bond donors (Lipinski definition) is 1. The fraction of sp³-hybridized carbons (Fsp3) is 0.318. The third-order valence-corrected chi connectivity index (χ3v) is 5.32. The van der Waals surface area contributed by atoms with Gasteiger partial charge in [-0.3, -0.25) is 4.98 Å². The number of rotatable bonds is 4. The highest BCUT2D eigenvalue weighted by molar-refractivity contribution is 5.82. The lowest BCUT2D eigenvalue weighted by molar-refractivity contribution is 0.277. The zero-order valence-electron chi connectivity index (χ0n) is 16.4. The van der Waals surface area contributed by atoms with Crippen molar-refractivity contribution < 1.29 is 9.15 Å². The molecule has 1 saturated heterocycles. The highest BCUT2D eigenvalue weighted by atomic mass is 16.5. The van der Waals surface area contributed by atoms with Crippen molar-refractivity contribution in [3.05, 3.63) is 58.5 Å². The van der Waals surface area contributed by atoms with E-state index in [9.17, 15) is 4.79 Å². The first-order valence-corrected chi connectivity index (χ1v) is 9.84. The molecule has 1 aliphatic heterocycles. The van der Waals surface area contributed by atoms with Gasteiger partial charge in [-0.25, -0.2) is 9.78 Å².